The number of amides is 2. The van der Waals surface area contributed by atoms with Gasteiger partial charge in [-0.1, -0.05) is 29.8 Å². The first-order valence-corrected chi connectivity index (χ1v) is 5.25. The molecule has 0 fully saturated rings. The van der Waals surface area contributed by atoms with Crippen molar-refractivity contribution in [3.63, 3.8) is 0 Å². The van der Waals surface area contributed by atoms with Gasteiger partial charge in [0.05, 0.1) is 0 Å². The van der Waals surface area contributed by atoms with Crippen LogP contribution in [0.25, 0.3) is 0 Å². The van der Waals surface area contributed by atoms with Crippen LogP contribution >= 0.6 is 0 Å². The maximum Gasteiger partial charge on any atom is 0.309 e. The molecule has 0 unspecified atom stereocenters. The summed E-state index contributed by atoms with van der Waals surface area (Å²) in [5, 5.41) is 5.00. The lowest BCUT2D eigenvalue weighted by Gasteiger charge is -2.05. The van der Waals surface area contributed by atoms with Crippen LogP contribution in [-0.4, -0.2) is 18.4 Å². The summed E-state index contributed by atoms with van der Waals surface area (Å²) in [7, 11) is 0. The minimum atomic E-state index is -0.594. The van der Waals surface area contributed by atoms with Crippen molar-refractivity contribution in [1.29, 1.82) is 0 Å². The molecule has 0 heterocycles. The first-order valence-electron chi connectivity index (χ1n) is 5.25. The van der Waals surface area contributed by atoms with Crippen LogP contribution in [0.15, 0.2) is 24.3 Å². The van der Waals surface area contributed by atoms with Crippen LogP contribution in [0.2, 0.25) is 0 Å². The highest BCUT2D eigenvalue weighted by atomic mass is 16.2. The third-order valence-electron chi connectivity index (χ3n) is 2.08. The molecule has 16 heavy (non-hydrogen) atoms. The number of aryl methyl sites for hydroxylation is 1. The van der Waals surface area contributed by atoms with Crippen molar-refractivity contribution in [3.05, 3.63) is 35.4 Å². The Bertz CT molecular complexity index is 388. The van der Waals surface area contributed by atoms with Gasteiger partial charge >= 0.3 is 11.8 Å². The first-order chi connectivity index (χ1) is 7.63. The zero-order valence-electron chi connectivity index (χ0n) is 9.54. The standard InChI is InChI=1S/C12H16N2O2/c1-3-13-11(15)12(16)14-8-10-6-4-5-9(2)7-10/h4-7H,3,8H2,1-2H3,(H,13,15)(H,14,16). The van der Waals surface area contributed by atoms with E-state index in [1.54, 1.807) is 6.92 Å². The van der Waals surface area contributed by atoms with E-state index < -0.39 is 11.8 Å². The molecule has 0 aliphatic heterocycles. The average molecular weight is 220 g/mol. The van der Waals surface area contributed by atoms with Crippen molar-refractivity contribution in [2.75, 3.05) is 6.54 Å². The molecule has 86 valence electrons. The fourth-order valence-electron chi connectivity index (χ4n) is 1.33. The number of hydrogen-bond donors (Lipinski definition) is 2. The van der Waals surface area contributed by atoms with Crippen molar-refractivity contribution >= 4 is 11.8 Å². The van der Waals surface area contributed by atoms with Crippen LogP contribution in [0.1, 0.15) is 18.1 Å². The molecule has 4 nitrogen and oxygen atoms in total. The molecule has 0 aliphatic carbocycles. The van der Waals surface area contributed by atoms with Crippen molar-refractivity contribution < 1.29 is 9.59 Å². The molecule has 0 aliphatic rings. The van der Waals surface area contributed by atoms with Gasteiger partial charge in [0, 0.05) is 13.1 Å². The molecular weight excluding hydrogens is 204 g/mol. The summed E-state index contributed by atoms with van der Waals surface area (Å²) < 4.78 is 0. The van der Waals surface area contributed by atoms with E-state index in [1.165, 1.54) is 0 Å². The SMILES string of the molecule is CCNC(=O)C(=O)NCc1cccc(C)c1. The zero-order valence-corrected chi connectivity index (χ0v) is 9.54. The summed E-state index contributed by atoms with van der Waals surface area (Å²) in [6, 6.07) is 7.78. The van der Waals surface area contributed by atoms with Gasteiger partial charge in [0.15, 0.2) is 0 Å². The largest absolute Gasteiger partial charge is 0.348 e. The average Bonchev–Trinajstić information content (AvgIpc) is 2.26. The highest BCUT2D eigenvalue weighted by molar-refractivity contribution is 6.35. The molecule has 1 aromatic carbocycles. The van der Waals surface area contributed by atoms with Crippen molar-refractivity contribution in [2.24, 2.45) is 0 Å². The molecule has 0 radical (unpaired) electrons. The lowest BCUT2D eigenvalue weighted by atomic mass is 10.1. The topological polar surface area (TPSA) is 58.2 Å². The summed E-state index contributed by atoms with van der Waals surface area (Å²) in [4.78, 5) is 22.4. The molecule has 0 saturated heterocycles. The van der Waals surface area contributed by atoms with Crippen LogP contribution < -0.4 is 10.6 Å². The van der Waals surface area contributed by atoms with Gasteiger partial charge in [-0.25, -0.2) is 0 Å². The van der Waals surface area contributed by atoms with Gasteiger partial charge in [-0.2, -0.15) is 0 Å². The summed E-state index contributed by atoms with van der Waals surface area (Å²) in [5.74, 6) is -1.18. The van der Waals surface area contributed by atoms with Crippen LogP contribution in [0.3, 0.4) is 0 Å². The highest BCUT2D eigenvalue weighted by Crippen LogP contribution is 2.02. The molecule has 2 amide bonds. The number of carbonyl (C=O) groups excluding carboxylic acids is 2. The molecule has 1 rings (SSSR count). The van der Waals surface area contributed by atoms with Gasteiger partial charge in [0.2, 0.25) is 0 Å². The fraction of sp³-hybridized carbons (Fsp3) is 0.333. The number of rotatable bonds is 3. The van der Waals surface area contributed by atoms with E-state index in [0.29, 0.717) is 13.1 Å². The van der Waals surface area contributed by atoms with Crippen molar-refractivity contribution in [2.45, 2.75) is 20.4 Å². The Morgan fingerprint density at radius 1 is 1.19 bits per heavy atom. The Balaban J connectivity index is 2.46. The van der Waals surface area contributed by atoms with Gasteiger partial charge in [0.1, 0.15) is 0 Å². The van der Waals surface area contributed by atoms with Crippen LogP contribution in [-0.2, 0) is 16.1 Å². The molecular formula is C12H16N2O2. The van der Waals surface area contributed by atoms with Gasteiger partial charge < -0.3 is 10.6 Å². The Kier molecular flexibility index (Phi) is 4.51. The van der Waals surface area contributed by atoms with E-state index in [9.17, 15) is 9.59 Å². The molecule has 0 spiro atoms. The minimum Gasteiger partial charge on any atom is -0.348 e. The van der Waals surface area contributed by atoms with E-state index in [1.807, 2.05) is 31.2 Å². The van der Waals surface area contributed by atoms with Crippen LogP contribution in [0.4, 0.5) is 0 Å². The van der Waals surface area contributed by atoms with Crippen molar-refractivity contribution in [1.82, 2.24) is 10.6 Å². The maximum atomic E-state index is 11.3. The van der Waals surface area contributed by atoms with Crippen LogP contribution in [0, 0.1) is 6.92 Å². The lowest BCUT2D eigenvalue weighted by molar-refractivity contribution is -0.139. The fourth-order valence-corrected chi connectivity index (χ4v) is 1.33. The number of carbonyl (C=O) groups is 2. The van der Waals surface area contributed by atoms with Crippen molar-refractivity contribution in [3.8, 4) is 0 Å². The minimum absolute atomic E-state index is 0.373. The molecule has 0 bridgehead atoms. The number of nitrogens with one attached hydrogen (secondary N) is 2. The molecule has 1 aromatic rings. The Labute approximate surface area is 95.0 Å². The smallest absolute Gasteiger partial charge is 0.309 e. The van der Waals surface area contributed by atoms with Gasteiger partial charge in [-0.05, 0) is 19.4 Å². The quantitative estimate of drug-likeness (QED) is 0.738. The second-order valence-electron chi connectivity index (χ2n) is 3.53. The van der Waals surface area contributed by atoms with E-state index in [-0.39, 0.29) is 0 Å². The van der Waals surface area contributed by atoms with Gasteiger partial charge in [-0.3, -0.25) is 9.59 Å². The second kappa shape index (κ2) is 5.90. The predicted octanol–water partition coefficient (Wildman–Crippen LogP) is 0.747. The van der Waals surface area contributed by atoms with Gasteiger partial charge in [-0.15, -0.1) is 0 Å². The van der Waals surface area contributed by atoms with E-state index in [4.69, 9.17) is 0 Å². The van der Waals surface area contributed by atoms with Crippen LogP contribution in [0.5, 0.6) is 0 Å². The Morgan fingerprint density at radius 2 is 1.88 bits per heavy atom. The predicted molar refractivity (Wildman–Crippen MR) is 61.7 cm³/mol. The third-order valence-corrected chi connectivity index (χ3v) is 2.08. The third kappa shape index (κ3) is 3.73. The highest BCUT2D eigenvalue weighted by Gasteiger charge is 2.10. The first kappa shape index (κ1) is 12.2. The Morgan fingerprint density at radius 3 is 2.50 bits per heavy atom. The summed E-state index contributed by atoms with van der Waals surface area (Å²) in [6.45, 7) is 4.58. The monoisotopic (exact) mass is 220 g/mol. The molecule has 4 heteroatoms. The lowest BCUT2D eigenvalue weighted by Crippen LogP contribution is -2.39. The number of likely N-dealkylation sites (N-methyl/N-ethyl adjacent to an activating group) is 1. The number of hydrogen-bond acceptors (Lipinski definition) is 2. The van der Waals surface area contributed by atoms with E-state index in [0.717, 1.165) is 11.1 Å². The summed E-state index contributed by atoms with van der Waals surface area (Å²) >= 11 is 0. The van der Waals surface area contributed by atoms with E-state index >= 15 is 0 Å². The maximum absolute atomic E-state index is 11.3. The van der Waals surface area contributed by atoms with E-state index in [2.05, 4.69) is 10.6 Å². The zero-order chi connectivity index (χ0) is 12.0. The van der Waals surface area contributed by atoms with Gasteiger partial charge in [0.25, 0.3) is 0 Å². The summed E-state index contributed by atoms with van der Waals surface area (Å²) in [6.07, 6.45) is 0. The molecule has 0 atom stereocenters. The normalized spacial score (nSPS) is 9.62. The molecule has 0 saturated carbocycles. The second-order valence-corrected chi connectivity index (χ2v) is 3.53. The molecule has 2 N–H and O–H groups in total. The Hall–Kier alpha value is -1.84. The summed E-state index contributed by atoms with van der Waals surface area (Å²) in [5.41, 5.74) is 2.11. The molecule has 0 aromatic heterocycles. The number of benzene rings is 1.